The predicted molar refractivity (Wildman–Crippen MR) is 149 cm³/mol. The van der Waals surface area contributed by atoms with Gasteiger partial charge in [-0.25, -0.2) is 19.8 Å². The number of hydrogen-bond acceptors (Lipinski definition) is 6. The molecule has 4 heterocycles. The summed E-state index contributed by atoms with van der Waals surface area (Å²) in [4.78, 5) is 29.7. The minimum Gasteiger partial charge on any atom is -0.339 e. The van der Waals surface area contributed by atoms with Crippen molar-refractivity contribution in [3.05, 3.63) is 72.2 Å². The summed E-state index contributed by atoms with van der Waals surface area (Å²) in [6, 6.07) is 10.9. The molecule has 4 atom stereocenters. The van der Waals surface area contributed by atoms with Gasteiger partial charge in [0.25, 0.3) is 0 Å². The van der Waals surface area contributed by atoms with Crippen LogP contribution in [0.1, 0.15) is 69.8 Å². The number of amides is 1. The fourth-order valence-electron chi connectivity index (χ4n) is 6.05. The van der Waals surface area contributed by atoms with E-state index in [0.29, 0.717) is 35.5 Å². The van der Waals surface area contributed by atoms with Crippen LogP contribution in [-0.2, 0) is 4.79 Å². The third kappa shape index (κ3) is 5.29. The third-order valence-corrected chi connectivity index (χ3v) is 7.83. The van der Waals surface area contributed by atoms with E-state index in [2.05, 4.69) is 58.0 Å². The summed E-state index contributed by atoms with van der Waals surface area (Å²) < 4.78 is 14.6. The molecule has 4 aromatic rings. The number of pyridine rings is 2. The second-order valence-electron chi connectivity index (χ2n) is 12.0. The van der Waals surface area contributed by atoms with Crippen LogP contribution in [0.3, 0.4) is 0 Å². The number of carbonyl (C=O) groups excluding carboxylic acids is 1. The highest BCUT2D eigenvalue weighted by molar-refractivity contribution is 5.91. The van der Waals surface area contributed by atoms with Crippen molar-refractivity contribution in [2.75, 3.05) is 5.32 Å². The summed E-state index contributed by atoms with van der Waals surface area (Å²) in [7, 11) is 0. The van der Waals surface area contributed by atoms with Crippen molar-refractivity contribution in [1.29, 1.82) is 0 Å². The first-order valence-electron chi connectivity index (χ1n) is 13.6. The number of aromatic nitrogens is 4. The van der Waals surface area contributed by atoms with Crippen molar-refractivity contribution in [3.63, 3.8) is 0 Å². The minimum atomic E-state index is -0.276. The Labute approximate surface area is 227 Å². The lowest BCUT2D eigenvalue weighted by molar-refractivity contribution is -0.117. The van der Waals surface area contributed by atoms with Crippen LogP contribution in [0.5, 0.6) is 0 Å². The van der Waals surface area contributed by atoms with Crippen molar-refractivity contribution < 1.29 is 9.18 Å². The Kier molecular flexibility index (Phi) is 6.64. The van der Waals surface area contributed by atoms with E-state index in [-0.39, 0.29) is 23.2 Å². The smallest absolute Gasteiger partial charge is 0.224 e. The van der Waals surface area contributed by atoms with Crippen molar-refractivity contribution in [2.24, 2.45) is 11.3 Å². The first-order chi connectivity index (χ1) is 18.7. The van der Waals surface area contributed by atoms with Gasteiger partial charge in [-0.15, -0.1) is 0 Å². The van der Waals surface area contributed by atoms with Gasteiger partial charge in [-0.05, 0) is 60.3 Å². The lowest BCUT2D eigenvalue weighted by Crippen LogP contribution is -2.34. The van der Waals surface area contributed by atoms with Crippen molar-refractivity contribution in [3.8, 4) is 11.1 Å². The largest absolute Gasteiger partial charge is 0.339 e. The number of nitrogens with one attached hydrogen (secondary N) is 4. The van der Waals surface area contributed by atoms with Gasteiger partial charge >= 0.3 is 0 Å². The Balaban J connectivity index is 1.23. The number of fused-ring (bicyclic) bond motifs is 2. The zero-order valence-corrected chi connectivity index (χ0v) is 22.5. The number of imidazole rings is 1. The Hall–Kier alpha value is -3.69. The SMILES string of the molecule is CC(C)(C)CC(=O)Nc1cncc(C2CCC3NNC(c4nc5nccc(-c6ccccc6F)c5[nH]4)C3C2)c1. The van der Waals surface area contributed by atoms with Crippen LogP contribution in [0, 0.1) is 17.2 Å². The lowest BCUT2D eigenvalue weighted by Gasteiger charge is -2.33. The van der Waals surface area contributed by atoms with Gasteiger partial charge in [0, 0.05) is 36.0 Å². The van der Waals surface area contributed by atoms with E-state index in [1.165, 1.54) is 6.07 Å². The number of benzene rings is 1. The van der Waals surface area contributed by atoms with Crippen LogP contribution in [0.2, 0.25) is 0 Å². The first-order valence-corrected chi connectivity index (χ1v) is 13.6. The summed E-state index contributed by atoms with van der Waals surface area (Å²) in [6.45, 7) is 6.16. The van der Waals surface area contributed by atoms with Gasteiger partial charge in [-0.3, -0.25) is 15.2 Å². The second kappa shape index (κ2) is 10.1. The highest BCUT2D eigenvalue weighted by Crippen LogP contribution is 2.44. The molecule has 0 radical (unpaired) electrons. The first kappa shape index (κ1) is 25.6. The number of H-pyrrole nitrogens is 1. The number of halogens is 1. The van der Waals surface area contributed by atoms with E-state index in [0.717, 1.165) is 47.4 Å². The second-order valence-corrected chi connectivity index (χ2v) is 12.0. The highest BCUT2D eigenvalue weighted by atomic mass is 19.1. The van der Waals surface area contributed by atoms with Crippen LogP contribution in [0.25, 0.3) is 22.3 Å². The van der Waals surface area contributed by atoms with Crippen LogP contribution in [0.4, 0.5) is 10.1 Å². The van der Waals surface area contributed by atoms with E-state index < -0.39 is 0 Å². The monoisotopic (exact) mass is 527 g/mol. The molecule has 202 valence electrons. The van der Waals surface area contributed by atoms with Crippen LogP contribution >= 0.6 is 0 Å². The normalized spacial score (nSPS) is 23.1. The average molecular weight is 528 g/mol. The number of hydrogen-bond donors (Lipinski definition) is 4. The van der Waals surface area contributed by atoms with E-state index in [9.17, 15) is 9.18 Å². The van der Waals surface area contributed by atoms with E-state index in [4.69, 9.17) is 4.98 Å². The predicted octanol–water partition coefficient (Wildman–Crippen LogP) is 5.64. The van der Waals surface area contributed by atoms with Crippen LogP contribution in [0.15, 0.2) is 55.0 Å². The Morgan fingerprint density at radius 1 is 1.10 bits per heavy atom. The van der Waals surface area contributed by atoms with Crippen molar-refractivity contribution >= 4 is 22.8 Å². The van der Waals surface area contributed by atoms with Gasteiger partial charge in [-0.2, -0.15) is 0 Å². The summed E-state index contributed by atoms with van der Waals surface area (Å²) in [5.74, 6) is 1.13. The number of hydrazine groups is 1. The zero-order valence-electron chi connectivity index (χ0n) is 22.5. The summed E-state index contributed by atoms with van der Waals surface area (Å²) in [5.41, 5.74) is 11.3. The molecule has 1 aliphatic carbocycles. The molecular weight excluding hydrogens is 493 g/mol. The molecule has 1 saturated heterocycles. The highest BCUT2D eigenvalue weighted by Gasteiger charge is 2.42. The minimum absolute atomic E-state index is 0.00247. The van der Waals surface area contributed by atoms with Crippen LogP contribution < -0.4 is 16.2 Å². The molecule has 39 heavy (non-hydrogen) atoms. The standard InChI is InChI=1S/C30H34FN7O/c1-30(2,3)14-25(39)34-19-12-18(15-32-16-19)17-8-9-24-22(13-17)27(38-37-24)29-35-26-21(10-11-33-28(26)36-29)20-6-4-5-7-23(20)31/h4-7,10-12,15-17,22,24,27,37-38H,8-9,13-14H2,1-3H3,(H,34,39)(H,33,35,36). The molecule has 0 bridgehead atoms. The average Bonchev–Trinajstić information content (AvgIpc) is 3.51. The van der Waals surface area contributed by atoms with Gasteiger partial charge in [0.15, 0.2) is 5.65 Å². The molecule has 1 aromatic carbocycles. The van der Waals surface area contributed by atoms with E-state index >= 15 is 0 Å². The molecular formula is C30H34FN7O. The fraction of sp³-hybridized carbons (Fsp3) is 0.400. The Morgan fingerprint density at radius 3 is 2.77 bits per heavy atom. The molecule has 6 rings (SSSR count). The summed E-state index contributed by atoms with van der Waals surface area (Å²) in [6.07, 6.45) is 8.75. The van der Waals surface area contributed by atoms with Gasteiger partial charge in [0.05, 0.1) is 23.4 Å². The third-order valence-electron chi connectivity index (χ3n) is 7.83. The molecule has 3 aromatic heterocycles. The molecule has 1 aliphatic heterocycles. The number of nitrogens with zero attached hydrogens (tertiary/aromatic N) is 3. The maximum absolute atomic E-state index is 14.6. The number of aromatic amines is 1. The van der Waals surface area contributed by atoms with Gasteiger partial charge in [0.2, 0.25) is 5.91 Å². The van der Waals surface area contributed by atoms with Crippen molar-refractivity contribution in [1.82, 2.24) is 30.8 Å². The molecule has 1 saturated carbocycles. The number of rotatable bonds is 5. The Bertz CT molecular complexity index is 1510. The summed E-state index contributed by atoms with van der Waals surface area (Å²) >= 11 is 0. The lowest BCUT2D eigenvalue weighted by atomic mass is 9.73. The quantitative estimate of drug-likeness (QED) is 0.268. The number of anilines is 1. The molecule has 0 spiro atoms. The molecule has 2 fully saturated rings. The molecule has 2 aliphatic rings. The molecule has 8 nitrogen and oxygen atoms in total. The molecule has 4 N–H and O–H groups in total. The maximum atomic E-state index is 14.6. The van der Waals surface area contributed by atoms with Gasteiger partial charge in [0.1, 0.15) is 11.6 Å². The van der Waals surface area contributed by atoms with Gasteiger partial charge < -0.3 is 10.3 Å². The molecule has 1 amide bonds. The van der Waals surface area contributed by atoms with E-state index in [1.807, 2.05) is 18.3 Å². The van der Waals surface area contributed by atoms with Crippen molar-refractivity contribution in [2.45, 2.75) is 64.5 Å². The fourth-order valence-corrected chi connectivity index (χ4v) is 6.05. The maximum Gasteiger partial charge on any atom is 0.224 e. The van der Waals surface area contributed by atoms with Gasteiger partial charge in [-0.1, -0.05) is 39.0 Å². The zero-order chi connectivity index (χ0) is 27.1. The topological polar surface area (TPSA) is 108 Å². The molecule has 4 unspecified atom stereocenters. The number of carbonyl (C=O) groups is 1. The van der Waals surface area contributed by atoms with E-state index in [1.54, 1.807) is 24.5 Å². The summed E-state index contributed by atoms with van der Waals surface area (Å²) in [5, 5.41) is 3.02. The Morgan fingerprint density at radius 2 is 1.95 bits per heavy atom. The molecule has 9 heteroatoms. The van der Waals surface area contributed by atoms with Crippen LogP contribution in [-0.4, -0.2) is 31.9 Å².